The van der Waals surface area contributed by atoms with Gasteiger partial charge in [0.05, 0.1) is 17.8 Å². The maximum absolute atomic E-state index is 11.9. The molecular weight excluding hydrogens is 472 g/mol. The molecule has 0 radical (unpaired) electrons. The first-order valence-electron chi connectivity index (χ1n) is 15.8. The maximum atomic E-state index is 11.9. The van der Waals surface area contributed by atoms with E-state index in [-0.39, 0.29) is 17.6 Å². The Morgan fingerprint density at radius 3 is 2.42 bits per heavy atom. The van der Waals surface area contributed by atoms with E-state index in [0.29, 0.717) is 64.2 Å². The van der Waals surface area contributed by atoms with Crippen LogP contribution in [0.2, 0.25) is 0 Å². The van der Waals surface area contributed by atoms with Crippen LogP contribution >= 0.6 is 0 Å². The van der Waals surface area contributed by atoms with Gasteiger partial charge in [-0.25, -0.2) is 4.79 Å². The molecule has 13 atom stereocenters. The number of aromatic carboxylic acids is 1. The Morgan fingerprint density at radius 1 is 0.974 bits per heavy atom. The molecule has 4 heteroatoms. The van der Waals surface area contributed by atoms with Gasteiger partial charge < -0.3 is 15.3 Å². The smallest absolute Gasteiger partial charge is 0.335 e. The molecule has 1 aromatic carbocycles. The lowest BCUT2D eigenvalue weighted by Crippen LogP contribution is -2.62. The van der Waals surface area contributed by atoms with Crippen LogP contribution in [0.15, 0.2) is 24.3 Å². The van der Waals surface area contributed by atoms with Gasteiger partial charge in [-0.15, -0.1) is 0 Å². The molecule has 6 rings (SSSR count). The lowest BCUT2D eigenvalue weighted by Gasteiger charge is -2.64. The summed E-state index contributed by atoms with van der Waals surface area (Å²) < 4.78 is 0. The molecule has 38 heavy (non-hydrogen) atoms. The standard InChI is InChI=1S/C34H50O4/c1-5-22-29-18-21(35)12-14-34(29,4)28-13-15-33(3)26(10-11-27(33)30(28)31(22)36)19(2)16-20-17-25(20)23-8-6-7-9-24(23)32(37)38/h6-9,19-22,25-31,35-36H,5,10-18H2,1-4H3,(H,37,38)/t19-,20?,21-,22-,25?,26-,27?,28?,29?,30?,31-,33?,34?/m1/s1. The second-order valence-corrected chi connectivity index (χ2v) is 14.8. The highest BCUT2D eigenvalue weighted by atomic mass is 16.4. The molecule has 0 bridgehead atoms. The summed E-state index contributed by atoms with van der Waals surface area (Å²) in [6.07, 6.45) is 10.9. The Balaban J connectivity index is 1.19. The number of fused-ring (bicyclic) bond motifs is 5. The first-order valence-corrected chi connectivity index (χ1v) is 15.8. The molecule has 0 saturated heterocycles. The van der Waals surface area contributed by atoms with Gasteiger partial charge in [0.25, 0.3) is 0 Å². The van der Waals surface area contributed by atoms with E-state index in [2.05, 4.69) is 27.7 Å². The van der Waals surface area contributed by atoms with Crippen LogP contribution in [0.25, 0.3) is 0 Å². The average molecular weight is 523 g/mol. The van der Waals surface area contributed by atoms with E-state index in [0.717, 1.165) is 37.7 Å². The van der Waals surface area contributed by atoms with Gasteiger partial charge in [0.15, 0.2) is 0 Å². The Kier molecular flexibility index (Phi) is 6.78. The van der Waals surface area contributed by atoms with Crippen LogP contribution in [0.5, 0.6) is 0 Å². The van der Waals surface area contributed by atoms with E-state index in [9.17, 15) is 20.1 Å². The zero-order valence-corrected chi connectivity index (χ0v) is 24.0. The zero-order valence-electron chi connectivity index (χ0n) is 24.0. The molecule has 1 aromatic rings. The maximum Gasteiger partial charge on any atom is 0.335 e. The van der Waals surface area contributed by atoms with E-state index >= 15 is 0 Å². The van der Waals surface area contributed by atoms with E-state index in [4.69, 9.17) is 0 Å². The van der Waals surface area contributed by atoms with Crippen LogP contribution in [0, 0.1) is 58.2 Å². The molecule has 4 nitrogen and oxygen atoms in total. The number of carbonyl (C=O) groups is 1. The highest BCUT2D eigenvalue weighted by Gasteiger charge is 2.65. The van der Waals surface area contributed by atoms with Crippen molar-refractivity contribution >= 4 is 5.97 Å². The third-order valence-corrected chi connectivity index (χ3v) is 13.3. The first kappa shape index (κ1) is 26.8. The monoisotopic (exact) mass is 522 g/mol. The predicted molar refractivity (Wildman–Crippen MR) is 150 cm³/mol. The second kappa shape index (κ2) is 9.61. The summed E-state index contributed by atoms with van der Waals surface area (Å²) in [6, 6.07) is 7.61. The molecule has 0 amide bonds. The Hall–Kier alpha value is -1.39. The molecular formula is C34H50O4. The van der Waals surface area contributed by atoms with Crippen molar-refractivity contribution in [2.75, 3.05) is 0 Å². The number of benzene rings is 1. The number of aliphatic hydroxyl groups is 2. The number of rotatable bonds is 6. The summed E-state index contributed by atoms with van der Waals surface area (Å²) >= 11 is 0. The molecule has 210 valence electrons. The normalized spacial score (nSPS) is 48.5. The summed E-state index contributed by atoms with van der Waals surface area (Å²) in [7, 11) is 0. The third kappa shape index (κ3) is 4.02. The van der Waals surface area contributed by atoms with Crippen molar-refractivity contribution in [3.63, 3.8) is 0 Å². The van der Waals surface area contributed by atoms with Gasteiger partial charge in [0, 0.05) is 0 Å². The van der Waals surface area contributed by atoms with Gasteiger partial charge in [-0.1, -0.05) is 52.3 Å². The molecule has 5 saturated carbocycles. The van der Waals surface area contributed by atoms with Crippen LogP contribution in [-0.2, 0) is 0 Å². The number of hydrogen-bond acceptors (Lipinski definition) is 3. The Bertz CT molecular complexity index is 1050. The van der Waals surface area contributed by atoms with Crippen LogP contribution < -0.4 is 0 Å². The van der Waals surface area contributed by atoms with Crippen LogP contribution in [0.3, 0.4) is 0 Å². The van der Waals surface area contributed by atoms with Crippen molar-refractivity contribution in [3.05, 3.63) is 35.4 Å². The summed E-state index contributed by atoms with van der Waals surface area (Å²) in [5.74, 6) is 3.88. The highest BCUT2D eigenvalue weighted by molar-refractivity contribution is 5.89. The van der Waals surface area contributed by atoms with Crippen molar-refractivity contribution < 1.29 is 20.1 Å². The Labute approximate surface area is 229 Å². The van der Waals surface area contributed by atoms with Crippen molar-refractivity contribution in [2.45, 2.75) is 110 Å². The largest absolute Gasteiger partial charge is 0.478 e. The number of aliphatic hydroxyl groups excluding tert-OH is 2. The molecule has 5 aliphatic carbocycles. The Morgan fingerprint density at radius 2 is 1.68 bits per heavy atom. The van der Waals surface area contributed by atoms with Gasteiger partial charge >= 0.3 is 5.97 Å². The van der Waals surface area contributed by atoms with E-state index < -0.39 is 5.97 Å². The summed E-state index contributed by atoms with van der Waals surface area (Å²) in [5.41, 5.74) is 2.07. The van der Waals surface area contributed by atoms with Gasteiger partial charge in [-0.2, -0.15) is 0 Å². The third-order valence-electron chi connectivity index (χ3n) is 13.3. The van der Waals surface area contributed by atoms with Gasteiger partial charge in [0.2, 0.25) is 0 Å². The SMILES string of the molecule is CC[C@@H]1C2C[C@H](O)CCC2(C)C2CCC3(C)C(CC[C@@H]3[C@H](C)CC3CC3c3ccccc3C(=O)O)C2[C@@H]1O. The predicted octanol–water partition coefficient (Wildman–Crippen LogP) is 7.14. The van der Waals surface area contributed by atoms with Crippen LogP contribution in [0.1, 0.15) is 114 Å². The quantitative estimate of drug-likeness (QED) is 0.371. The molecule has 0 heterocycles. The second-order valence-electron chi connectivity index (χ2n) is 14.8. The minimum atomic E-state index is -0.804. The molecule has 5 fully saturated rings. The minimum absolute atomic E-state index is 0.190. The molecule has 0 aromatic heterocycles. The number of carboxylic acids is 1. The van der Waals surface area contributed by atoms with Crippen molar-refractivity contribution in [1.29, 1.82) is 0 Å². The summed E-state index contributed by atoms with van der Waals surface area (Å²) in [6.45, 7) is 9.81. The van der Waals surface area contributed by atoms with E-state index in [1.165, 1.54) is 32.1 Å². The number of carboxylic acid groups (broad SMARTS) is 1. The summed E-state index contributed by atoms with van der Waals surface area (Å²) in [4.78, 5) is 11.8. The number of hydrogen-bond donors (Lipinski definition) is 3. The van der Waals surface area contributed by atoms with Crippen LogP contribution in [0.4, 0.5) is 0 Å². The fourth-order valence-corrected chi connectivity index (χ4v) is 11.5. The first-order chi connectivity index (χ1) is 18.1. The lowest BCUT2D eigenvalue weighted by molar-refractivity contribution is -0.203. The van der Waals surface area contributed by atoms with E-state index in [1.807, 2.05) is 18.2 Å². The van der Waals surface area contributed by atoms with Gasteiger partial charge in [-0.3, -0.25) is 0 Å². The fraction of sp³-hybridized carbons (Fsp3) is 0.794. The fourth-order valence-electron chi connectivity index (χ4n) is 11.5. The average Bonchev–Trinajstić information content (AvgIpc) is 3.55. The molecule has 8 unspecified atom stereocenters. The van der Waals surface area contributed by atoms with Crippen molar-refractivity contribution in [2.24, 2.45) is 58.2 Å². The summed E-state index contributed by atoms with van der Waals surface area (Å²) in [5, 5.41) is 32.2. The molecule has 0 aliphatic heterocycles. The molecule has 3 N–H and O–H groups in total. The van der Waals surface area contributed by atoms with Crippen molar-refractivity contribution in [1.82, 2.24) is 0 Å². The molecule has 5 aliphatic rings. The lowest BCUT2D eigenvalue weighted by atomic mass is 9.41. The van der Waals surface area contributed by atoms with Gasteiger partial charge in [0.1, 0.15) is 0 Å². The highest BCUT2D eigenvalue weighted by Crippen LogP contribution is 2.70. The van der Waals surface area contributed by atoms with E-state index in [1.54, 1.807) is 6.07 Å². The molecule has 0 spiro atoms. The van der Waals surface area contributed by atoms with Gasteiger partial charge in [-0.05, 0) is 134 Å². The minimum Gasteiger partial charge on any atom is -0.478 e. The topological polar surface area (TPSA) is 77.8 Å². The van der Waals surface area contributed by atoms with Crippen molar-refractivity contribution in [3.8, 4) is 0 Å². The van der Waals surface area contributed by atoms with Crippen LogP contribution in [-0.4, -0.2) is 33.5 Å². The zero-order chi connectivity index (χ0) is 27.0.